The van der Waals surface area contributed by atoms with E-state index in [1.165, 1.54) is 44.6 Å². The van der Waals surface area contributed by atoms with Crippen LogP contribution in [0.25, 0.3) is 0 Å². The summed E-state index contributed by atoms with van der Waals surface area (Å²) in [4.78, 5) is 58.0. The monoisotopic (exact) mass is 1630 g/mol. The Morgan fingerprint density at radius 1 is 0.533 bits per heavy atom. The van der Waals surface area contributed by atoms with Crippen LogP contribution in [0.5, 0.6) is 0 Å². The van der Waals surface area contributed by atoms with Crippen LogP contribution in [0, 0.1) is 0 Å². The van der Waals surface area contributed by atoms with Gasteiger partial charge in [-0.05, 0) is 40.7 Å². The fourth-order valence-electron chi connectivity index (χ4n) is 12.5. The van der Waals surface area contributed by atoms with Gasteiger partial charge in [-0.1, -0.05) is 320 Å². The summed E-state index contributed by atoms with van der Waals surface area (Å²) in [6.07, 6.45) is 3.34. The maximum absolute atomic E-state index is 15.3. The minimum absolute atomic E-state index is 0.00555. The molecule has 0 bridgehead atoms. The number of alkyl halides is 6. The van der Waals surface area contributed by atoms with E-state index in [4.69, 9.17) is 135 Å². The zero-order valence-electron chi connectivity index (χ0n) is 61.2. The molecule has 4 aromatic rings. The maximum atomic E-state index is 15.3. The normalized spacial score (nSPS) is 22.1. The predicted octanol–water partition coefficient (Wildman–Crippen LogP) is 18.0. The van der Waals surface area contributed by atoms with Crippen molar-refractivity contribution in [2.45, 2.75) is 269 Å². The number of aliphatic hydroxyl groups is 1. The summed E-state index contributed by atoms with van der Waals surface area (Å²) in [6.45, 7) is 5.15. The lowest BCUT2D eigenvalue weighted by molar-refractivity contribution is -0.304. The van der Waals surface area contributed by atoms with Gasteiger partial charge in [0.2, 0.25) is 7.59 Å². The second-order valence-corrected chi connectivity index (χ2v) is 33.6. The molecule has 0 radical (unpaired) electrons. The van der Waals surface area contributed by atoms with Gasteiger partial charge in [-0.25, -0.2) is 14.2 Å². The molecule has 0 unspecified atom stereocenters. The number of alkyl carbamates (subject to hydrolysis) is 2. The molecule has 12 atom stereocenters. The maximum Gasteiger partial charge on any atom is 0.475 e. The summed E-state index contributed by atoms with van der Waals surface area (Å²) in [5.41, 5.74) is 3.79. The van der Waals surface area contributed by atoms with Crippen molar-refractivity contribution in [2.24, 2.45) is 0 Å². The molecule has 4 aromatic carbocycles. The lowest BCUT2D eigenvalue weighted by atomic mass is 9.95. The van der Waals surface area contributed by atoms with Crippen LogP contribution in [-0.4, -0.2) is 143 Å². The lowest BCUT2D eigenvalue weighted by Crippen LogP contribution is -2.68. The third kappa shape index (κ3) is 34.6. The van der Waals surface area contributed by atoms with Crippen molar-refractivity contribution >= 4 is 102 Å². The Morgan fingerprint density at radius 2 is 0.935 bits per heavy atom. The van der Waals surface area contributed by atoms with Crippen LogP contribution in [0.1, 0.15) is 183 Å². The molecule has 3 N–H and O–H groups in total. The number of unbranched alkanes of at least 4 members (excludes halogenated alkanes) is 16. The Bertz CT molecular complexity index is 3210. The van der Waals surface area contributed by atoms with E-state index in [0.29, 0.717) is 24.0 Å². The Labute approximate surface area is 660 Å². The van der Waals surface area contributed by atoms with E-state index in [-0.39, 0.29) is 52.5 Å². The molecule has 0 aromatic heterocycles. The standard InChI is InChI=1S/C78H107Cl6N2O20P/c1-4-7-9-11-13-15-17-19-30-42-61(95-48-57-36-26-22-27-37-57)45-65(87)104-71-67(85-75(90)98-54-77(79,80)81)73(94-44-6-3)102-63(69(71)89)53-97-74-68(86-76(91)99-55-78(82,83)84)72(105-66(88)46-62(96-49-58-38-28-23-29-39-58)43-31-20-18-16-14-12-10-8-5-2)70(64(103-74)52-93-47-56-34-24-21-25-35-56)106-107(92)100-50-59-40-32-33-41-60(59)51-101-107/h6,21-29,32-41,61-64,67-74,89H,3-5,7-20,30-31,42-55H2,1-2H3,(H,85,90)(H,86,91)/t61-,62-,63+,64+,67+,68+,69+,70+,71+,72+,73-,74+/m0/s1. The highest BCUT2D eigenvalue weighted by molar-refractivity contribution is 7.48. The van der Waals surface area contributed by atoms with Crippen LogP contribution in [0.4, 0.5) is 9.59 Å². The van der Waals surface area contributed by atoms with Gasteiger partial charge in [0.25, 0.3) is 0 Å². The number of esters is 2. The third-order valence-electron chi connectivity index (χ3n) is 18.2. The van der Waals surface area contributed by atoms with E-state index in [0.717, 1.165) is 93.7 Å². The Balaban J connectivity index is 1.25. The van der Waals surface area contributed by atoms with E-state index < -0.39 is 139 Å². The fraction of sp³-hybridized carbons (Fsp3) is 0.615. The first-order chi connectivity index (χ1) is 51.6. The number of rotatable bonds is 48. The molecule has 29 heteroatoms. The summed E-state index contributed by atoms with van der Waals surface area (Å²) in [6, 6.07) is 31.9. The first kappa shape index (κ1) is 89.8. The number of benzene rings is 4. The minimum Gasteiger partial charge on any atom is -0.457 e. The second kappa shape index (κ2) is 49.2. The fourth-order valence-corrected chi connectivity index (χ4v) is 14.2. The first-order valence-corrected chi connectivity index (χ1v) is 41.1. The summed E-state index contributed by atoms with van der Waals surface area (Å²) < 4.78 is 98.8. The molecule has 2 fully saturated rings. The van der Waals surface area contributed by atoms with E-state index in [9.17, 15) is 19.5 Å². The third-order valence-corrected chi connectivity index (χ3v) is 20.2. The number of phosphoric ester groups is 1. The van der Waals surface area contributed by atoms with Crippen molar-refractivity contribution in [1.29, 1.82) is 0 Å². The quantitative estimate of drug-likeness (QED) is 0.00927. The van der Waals surface area contributed by atoms with Gasteiger partial charge in [-0.3, -0.25) is 23.2 Å². The summed E-state index contributed by atoms with van der Waals surface area (Å²) in [5.74, 6) is -1.69. The highest BCUT2D eigenvalue weighted by Crippen LogP contribution is 2.55. The number of carbonyl (C=O) groups excluding carboxylic acids is 4. The molecule has 596 valence electrons. The van der Waals surface area contributed by atoms with Crippen molar-refractivity contribution in [1.82, 2.24) is 10.6 Å². The smallest absolute Gasteiger partial charge is 0.457 e. The van der Waals surface area contributed by atoms with Crippen molar-refractivity contribution in [3.05, 3.63) is 156 Å². The van der Waals surface area contributed by atoms with Crippen molar-refractivity contribution in [3.63, 3.8) is 0 Å². The van der Waals surface area contributed by atoms with E-state index in [2.05, 4.69) is 31.1 Å². The molecule has 0 aliphatic carbocycles. The number of hydrogen-bond acceptors (Lipinski definition) is 20. The predicted molar refractivity (Wildman–Crippen MR) is 410 cm³/mol. The number of phosphoric acid groups is 1. The number of nitrogens with one attached hydrogen (secondary N) is 2. The van der Waals surface area contributed by atoms with Gasteiger partial charge in [0.15, 0.2) is 24.8 Å². The summed E-state index contributed by atoms with van der Waals surface area (Å²) >= 11 is 36.4. The highest BCUT2D eigenvalue weighted by atomic mass is 35.6. The number of fused-ring (bicyclic) bond motifs is 1. The van der Waals surface area contributed by atoms with Gasteiger partial charge in [0, 0.05) is 0 Å². The van der Waals surface area contributed by atoms with Gasteiger partial charge in [0.05, 0.1) is 77.9 Å². The lowest BCUT2D eigenvalue weighted by Gasteiger charge is -2.47. The van der Waals surface area contributed by atoms with Gasteiger partial charge in [-0.15, -0.1) is 6.58 Å². The number of carbonyl (C=O) groups is 4. The molecule has 2 saturated heterocycles. The number of halogens is 6. The molecule has 0 saturated carbocycles. The molecule has 3 heterocycles. The second-order valence-electron chi connectivity index (χ2n) is 27.0. The zero-order chi connectivity index (χ0) is 76.7. The van der Waals surface area contributed by atoms with E-state index >= 15 is 9.36 Å². The number of ether oxygens (including phenoxy) is 11. The zero-order valence-corrected chi connectivity index (χ0v) is 66.7. The average molecular weight is 1640 g/mol. The summed E-state index contributed by atoms with van der Waals surface area (Å²) in [5, 5.41) is 18.0. The van der Waals surface area contributed by atoms with E-state index in [1.54, 1.807) is 24.3 Å². The first-order valence-electron chi connectivity index (χ1n) is 37.4. The Hall–Kier alpha value is -4.37. The van der Waals surface area contributed by atoms with Crippen LogP contribution in [-0.2, 0) is 113 Å². The van der Waals surface area contributed by atoms with Gasteiger partial charge in [-0.2, -0.15) is 0 Å². The van der Waals surface area contributed by atoms with E-state index in [1.807, 2.05) is 91.0 Å². The minimum atomic E-state index is -4.76. The van der Waals surface area contributed by atoms with Crippen LogP contribution in [0.2, 0.25) is 0 Å². The van der Waals surface area contributed by atoms with Crippen molar-refractivity contribution in [3.8, 4) is 0 Å². The molecular weight excluding hydrogens is 1530 g/mol. The topological polar surface area (TPSA) is 259 Å². The van der Waals surface area contributed by atoms with Crippen LogP contribution in [0.3, 0.4) is 0 Å². The molecule has 3 aliphatic rings. The molecule has 3 aliphatic heterocycles. The molecular formula is C78H107Cl6N2O20P. The Kier molecular flexibility index (Phi) is 41.3. The van der Waals surface area contributed by atoms with Gasteiger partial charge < -0.3 is 67.8 Å². The van der Waals surface area contributed by atoms with Gasteiger partial charge >= 0.3 is 31.9 Å². The number of aliphatic hydroxyl groups excluding tert-OH is 1. The highest BCUT2D eigenvalue weighted by Gasteiger charge is 2.56. The largest absolute Gasteiger partial charge is 0.475 e. The van der Waals surface area contributed by atoms with Crippen molar-refractivity contribution in [2.75, 3.05) is 33.0 Å². The number of hydrogen-bond donors (Lipinski definition) is 3. The molecule has 0 spiro atoms. The van der Waals surface area contributed by atoms with Crippen LogP contribution in [0.15, 0.2) is 128 Å². The summed E-state index contributed by atoms with van der Waals surface area (Å²) in [7, 11) is -4.76. The number of amides is 2. The molecule has 7 rings (SSSR count). The molecule has 2 amide bonds. The molecule has 107 heavy (non-hydrogen) atoms. The molecule has 22 nitrogen and oxygen atoms in total. The van der Waals surface area contributed by atoms with Crippen LogP contribution < -0.4 is 10.6 Å². The van der Waals surface area contributed by atoms with Gasteiger partial charge in [0.1, 0.15) is 49.7 Å². The van der Waals surface area contributed by atoms with Crippen molar-refractivity contribution < 1.29 is 94.5 Å². The Morgan fingerprint density at radius 3 is 1.38 bits per heavy atom. The average Bonchev–Trinajstić information content (AvgIpc) is 1.67. The SMILES string of the molecule is C=CCO[C@H]1O[C@H](CO[C@@H]2O[C@H](COCc3ccccc3)[C@@H](OP3(=O)OCc4ccccc4CO3)[C@H](OC(=O)C[C@H](CCCCCCCCCCC)OCc3ccccc3)[C@H]2NC(=O)OCC(Cl)(Cl)Cl)[C@@H](O)[C@H](OC(=O)C[C@H](CCCCCCCCCCC)OCc2ccccc2)[C@H]1NC(=O)OCC(Cl)(Cl)Cl. The van der Waals surface area contributed by atoms with Crippen LogP contribution >= 0.6 is 77.4 Å².